The van der Waals surface area contributed by atoms with Gasteiger partial charge in [-0.05, 0) is 15.9 Å². The number of methoxy groups -OCH3 is 1. The van der Waals surface area contributed by atoms with Crippen LogP contribution in [0.25, 0.3) is 0 Å². The number of nitrogens with zero attached hydrogens (tertiary/aromatic N) is 4. The largest absolute Gasteiger partial charge is 0.467 e. The molecule has 2 rings (SSSR count). The lowest BCUT2D eigenvalue weighted by Crippen LogP contribution is -2.08. The van der Waals surface area contributed by atoms with E-state index in [2.05, 4.69) is 46.6 Å². The van der Waals surface area contributed by atoms with Gasteiger partial charge in [-0.25, -0.2) is 4.98 Å². The topological polar surface area (TPSA) is 88.6 Å². The Morgan fingerprint density at radius 2 is 2.35 bits per heavy atom. The standard InChI is InChI=1S/C9H11BrN6O/c1-17-9-12-5-7(10)8(14-9)11-3-2-6-4-13-16-15-6/h4-5H,2-3H2,1H3,(H,11,12,14)(H,13,15,16). The van der Waals surface area contributed by atoms with Crippen LogP contribution >= 0.6 is 15.9 Å². The first-order valence-corrected chi connectivity index (χ1v) is 5.74. The zero-order valence-corrected chi connectivity index (χ0v) is 10.7. The SMILES string of the molecule is COc1ncc(Br)c(NCCc2cn[nH]n2)n1. The van der Waals surface area contributed by atoms with Crippen molar-refractivity contribution in [3.05, 3.63) is 22.6 Å². The van der Waals surface area contributed by atoms with Crippen molar-refractivity contribution in [2.75, 3.05) is 19.0 Å². The predicted octanol–water partition coefficient (Wildman–Crippen LogP) is 1.02. The lowest BCUT2D eigenvalue weighted by atomic mass is 10.3. The third-order valence-corrected chi connectivity index (χ3v) is 2.62. The summed E-state index contributed by atoms with van der Waals surface area (Å²) in [5, 5.41) is 13.4. The number of anilines is 1. The van der Waals surface area contributed by atoms with Crippen LogP contribution < -0.4 is 10.1 Å². The molecule has 0 aliphatic carbocycles. The fourth-order valence-corrected chi connectivity index (χ4v) is 1.56. The molecule has 2 heterocycles. The molecule has 0 radical (unpaired) electrons. The van der Waals surface area contributed by atoms with Crippen molar-refractivity contribution < 1.29 is 4.74 Å². The van der Waals surface area contributed by atoms with Gasteiger partial charge in [0.25, 0.3) is 0 Å². The van der Waals surface area contributed by atoms with E-state index >= 15 is 0 Å². The number of hydrogen-bond acceptors (Lipinski definition) is 6. The second-order valence-electron chi connectivity index (χ2n) is 3.19. The van der Waals surface area contributed by atoms with E-state index in [4.69, 9.17) is 4.74 Å². The Kier molecular flexibility index (Phi) is 3.86. The molecule has 2 aromatic rings. The number of ether oxygens (including phenoxy) is 1. The average Bonchev–Trinajstić information content (AvgIpc) is 2.84. The van der Waals surface area contributed by atoms with Crippen LogP contribution in [0.3, 0.4) is 0 Å². The van der Waals surface area contributed by atoms with E-state index in [0.29, 0.717) is 18.4 Å². The summed E-state index contributed by atoms with van der Waals surface area (Å²) in [5.41, 5.74) is 0.898. The highest BCUT2D eigenvalue weighted by Gasteiger charge is 2.05. The molecule has 0 spiro atoms. The minimum Gasteiger partial charge on any atom is -0.467 e. The predicted molar refractivity (Wildman–Crippen MR) is 64.9 cm³/mol. The maximum Gasteiger partial charge on any atom is 0.318 e. The Morgan fingerprint density at radius 3 is 3.06 bits per heavy atom. The van der Waals surface area contributed by atoms with Crippen LogP contribution in [-0.2, 0) is 6.42 Å². The third-order valence-electron chi connectivity index (χ3n) is 2.04. The number of rotatable bonds is 5. The van der Waals surface area contributed by atoms with Crippen molar-refractivity contribution in [1.29, 1.82) is 0 Å². The maximum absolute atomic E-state index is 4.95. The summed E-state index contributed by atoms with van der Waals surface area (Å²) >= 11 is 3.36. The summed E-state index contributed by atoms with van der Waals surface area (Å²) < 4.78 is 5.74. The number of nitrogens with one attached hydrogen (secondary N) is 2. The minimum atomic E-state index is 0.331. The van der Waals surface area contributed by atoms with Gasteiger partial charge in [0, 0.05) is 13.0 Å². The number of aromatic nitrogens is 5. The van der Waals surface area contributed by atoms with E-state index in [1.165, 1.54) is 7.11 Å². The molecular formula is C9H11BrN6O. The van der Waals surface area contributed by atoms with Crippen molar-refractivity contribution in [3.63, 3.8) is 0 Å². The van der Waals surface area contributed by atoms with Crippen LogP contribution in [-0.4, -0.2) is 39.0 Å². The monoisotopic (exact) mass is 298 g/mol. The molecule has 0 aliphatic heterocycles. The summed E-state index contributed by atoms with van der Waals surface area (Å²) in [4.78, 5) is 8.14. The molecule has 2 aromatic heterocycles. The second kappa shape index (κ2) is 5.58. The fraction of sp³-hybridized carbons (Fsp3) is 0.333. The number of H-pyrrole nitrogens is 1. The fourth-order valence-electron chi connectivity index (χ4n) is 1.23. The molecule has 7 nitrogen and oxygen atoms in total. The first-order chi connectivity index (χ1) is 8.29. The highest BCUT2D eigenvalue weighted by Crippen LogP contribution is 2.20. The Hall–Kier alpha value is -1.70. The first kappa shape index (κ1) is 11.8. The van der Waals surface area contributed by atoms with Crippen LogP contribution in [0.15, 0.2) is 16.9 Å². The van der Waals surface area contributed by atoms with Crippen molar-refractivity contribution in [1.82, 2.24) is 25.4 Å². The van der Waals surface area contributed by atoms with Crippen molar-refractivity contribution >= 4 is 21.7 Å². The van der Waals surface area contributed by atoms with Crippen LogP contribution in [0.2, 0.25) is 0 Å². The van der Waals surface area contributed by atoms with Gasteiger partial charge >= 0.3 is 6.01 Å². The maximum atomic E-state index is 4.95. The average molecular weight is 299 g/mol. The Balaban J connectivity index is 1.94. The number of hydrogen-bond donors (Lipinski definition) is 2. The van der Waals surface area contributed by atoms with Crippen molar-refractivity contribution in [3.8, 4) is 6.01 Å². The van der Waals surface area contributed by atoms with E-state index < -0.39 is 0 Å². The molecule has 0 bridgehead atoms. The molecule has 0 amide bonds. The Morgan fingerprint density at radius 1 is 1.47 bits per heavy atom. The lowest BCUT2D eigenvalue weighted by molar-refractivity contribution is 0.380. The van der Waals surface area contributed by atoms with E-state index in [1.807, 2.05) is 0 Å². The summed E-state index contributed by atoms with van der Waals surface area (Å²) in [6, 6.07) is 0.331. The minimum absolute atomic E-state index is 0.331. The van der Waals surface area contributed by atoms with E-state index in [0.717, 1.165) is 16.6 Å². The Labute approximate surface area is 106 Å². The van der Waals surface area contributed by atoms with Crippen LogP contribution in [0.5, 0.6) is 6.01 Å². The zero-order chi connectivity index (χ0) is 12.1. The molecule has 8 heteroatoms. The summed E-state index contributed by atoms with van der Waals surface area (Å²) in [6.45, 7) is 0.700. The van der Waals surface area contributed by atoms with Gasteiger partial charge in [0.05, 0.1) is 29.7 Å². The first-order valence-electron chi connectivity index (χ1n) is 4.94. The van der Waals surface area contributed by atoms with Crippen LogP contribution in [0.4, 0.5) is 5.82 Å². The molecule has 0 saturated carbocycles. The lowest BCUT2D eigenvalue weighted by Gasteiger charge is -2.07. The smallest absolute Gasteiger partial charge is 0.318 e. The van der Waals surface area contributed by atoms with Gasteiger partial charge in [-0.3, -0.25) is 0 Å². The van der Waals surface area contributed by atoms with Gasteiger partial charge in [-0.2, -0.15) is 20.4 Å². The van der Waals surface area contributed by atoms with Crippen molar-refractivity contribution in [2.45, 2.75) is 6.42 Å². The van der Waals surface area contributed by atoms with E-state index in [1.54, 1.807) is 12.4 Å². The Bertz CT molecular complexity index is 474. The molecule has 0 saturated heterocycles. The van der Waals surface area contributed by atoms with Crippen molar-refractivity contribution in [2.24, 2.45) is 0 Å². The molecule has 2 N–H and O–H groups in total. The molecule has 0 unspecified atom stereocenters. The van der Waals surface area contributed by atoms with E-state index in [9.17, 15) is 0 Å². The van der Waals surface area contributed by atoms with Gasteiger partial charge in [-0.1, -0.05) is 0 Å². The van der Waals surface area contributed by atoms with Gasteiger partial charge < -0.3 is 10.1 Å². The molecule has 0 aliphatic rings. The molecule has 0 atom stereocenters. The number of halogens is 1. The highest BCUT2D eigenvalue weighted by atomic mass is 79.9. The second-order valence-corrected chi connectivity index (χ2v) is 4.05. The van der Waals surface area contributed by atoms with Gasteiger partial charge in [0.2, 0.25) is 0 Å². The normalized spacial score (nSPS) is 10.2. The molecular weight excluding hydrogens is 288 g/mol. The molecule has 90 valence electrons. The summed E-state index contributed by atoms with van der Waals surface area (Å²) in [5.74, 6) is 0.695. The summed E-state index contributed by atoms with van der Waals surface area (Å²) in [7, 11) is 1.53. The molecule has 17 heavy (non-hydrogen) atoms. The molecule has 0 aromatic carbocycles. The third kappa shape index (κ3) is 3.13. The van der Waals surface area contributed by atoms with Gasteiger partial charge in [-0.15, -0.1) is 0 Å². The van der Waals surface area contributed by atoms with Crippen LogP contribution in [0.1, 0.15) is 5.69 Å². The van der Waals surface area contributed by atoms with Gasteiger partial charge in [0.15, 0.2) is 0 Å². The molecule has 0 fully saturated rings. The number of aromatic amines is 1. The van der Waals surface area contributed by atoms with Crippen LogP contribution in [0, 0.1) is 0 Å². The highest BCUT2D eigenvalue weighted by molar-refractivity contribution is 9.10. The quantitative estimate of drug-likeness (QED) is 0.857. The zero-order valence-electron chi connectivity index (χ0n) is 9.14. The summed E-state index contributed by atoms with van der Waals surface area (Å²) in [6.07, 6.45) is 4.09. The van der Waals surface area contributed by atoms with E-state index in [-0.39, 0.29) is 0 Å². The van der Waals surface area contributed by atoms with Gasteiger partial charge in [0.1, 0.15) is 5.82 Å².